The summed E-state index contributed by atoms with van der Waals surface area (Å²) in [7, 11) is 0. The van der Waals surface area contributed by atoms with Crippen LogP contribution in [0.4, 0.5) is 5.69 Å². The summed E-state index contributed by atoms with van der Waals surface area (Å²) in [6, 6.07) is 5.57. The molecule has 1 heterocycles. The molecule has 0 saturated carbocycles. The molecule has 21 heavy (non-hydrogen) atoms. The van der Waals surface area contributed by atoms with Crippen molar-refractivity contribution in [2.75, 3.05) is 11.9 Å². The number of ether oxygens (including phenoxy) is 1. The van der Waals surface area contributed by atoms with Gasteiger partial charge < -0.3 is 15.4 Å². The summed E-state index contributed by atoms with van der Waals surface area (Å²) < 4.78 is 5.49. The van der Waals surface area contributed by atoms with Crippen LogP contribution >= 0.6 is 0 Å². The van der Waals surface area contributed by atoms with Crippen molar-refractivity contribution in [3.63, 3.8) is 0 Å². The Balaban J connectivity index is 1.99. The molecule has 1 aliphatic rings. The maximum atomic E-state index is 11.8. The van der Waals surface area contributed by atoms with Crippen molar-refractivity contribution < 1.29 is 14.3 Å². The summed E-state index contributed by atoms with van der Waals surface area (Å²) >= 11 is 0. The second-order valence-corrected chi connectivity index (χ2v) is 6.49. The minimum Gasteiger partial charge on any atom is -0.491 e. The van der Waals surface area contributed by atoms with Crippen LogP contribution in [0.1, 0.15) is 39.2 Å². The predicted molar refractivity (Wildman–Crippen MR) is 81.1 cm³/mol. The molecule has 1 aromatic rings. The molecule has 0 fully saturated rings. The number of anilines is 1. The molecule has 0 atom stereocenters. The number of rotatable bonds is 3. The molecular formula is C16H22N2O3. The summed E-state index contributed by atoms with van der Waals surface area (Å²) in [5.41, 5.74) is 1.57. The zero-order valence-electron chi connectivity index (χ0n) is 12.8. The first kappa shape index (κ1) is 15.4. The van der Waals surface area contributed by atoms with E-state index in [1.165, 1.54) is 0 Å². The van der Waals surface area contributed by atoms with E-state index in [0.29, 0.717) is 37.4 Å². The molecular weight excluding hydrogens is 268 g/mol. The molecule has 0 saturated heterocycles. The summed E-state index contributed by atoms with van der Waals surface area (Å²) in [4.78, 5) is 23.3. The second kappa shape index (κ2) is 6.16. The maximum absolute atomic E-state index is 11.8. The third-order valence-electron chi connectivity index (χ3n) is 3.09. The van der Waals surface area contributed by atoms with Crippen molar-refractivity contribution >= 4 is 17.5 Å². The summed E-state index contributed by atoms with van der Waals surface area (Å²) in [6.45, 7) is 6.92. The Morgan fingerprint density at radius 3 is 2.86 bits per heavy atom. The van der Waals surface area contributed by atoms with Gasteiger partial charge in [-0.15, -0.1) is 0 Å². The average Bonchev–Trinajstić information content (AvgIpc) is 2.54. The summed E-state index contributed by atoms with van der Waals surface area (Å²) in [5, 5.41) is 5.71. The number of hydrogen-bond acceptors (Lipinski definition) is 3. The van der Waals surface area contributed by atoms with Crippen LogP contribution in [0, 0.1) is 5.41 Å². The number of nitrogens with one attached hydrogen (secondary N) is 2. The van der Waals surface area contributed by atoms with Gasteiger partial charge in [0.15, 0.2) is 0 Å². The van der Waals surface area contributed by atoms with Gasteiger partial charge in [0.25, 0.3) is 0 Å². The van der Waals surface area contributed by atoms with Gasteiger partial charge in [0, 0.05) is 13.0 Å². The second-order valence-electron chi connectivity index (χ2n) is 6.49. The van der Waals surface area contributed by atoms with Crippen LogP contribution in [0.15, 0.2) is 18.2 Å². The van der Waals surface area contributed by atoms with Crippen LogP contribution < -0.4 is 15.4 Å². The molecule has 5 heteroatoms. The summed E-state index contributed by atoms with van der Waals surface area (Å²) in [5.74, 6) is 0.644. The van der Waals surface area contributed by atoms with Crippen LogP contribution in [-0.2, 0) is 16.1 Å². The normalized spacial score (nSPS) is 14.5. The maximum Gasteiger partial charge on any atom is 0.227 e. The number of amides is 2. The van der Waals surface area contributed by atoms with Crippen LogP contribution in [-0.4, -0.2) is 18.4 Å². The Morgan fingerprint density at radius 1 is 1.38 bits per heavy atom. The Hall–Kier alpha value is -2.04. The molecule has 2 amide bonds. The standard InChI is InChI=1S/C16H22N2O3/c1-16(2,3)9-15(20)17-10-11-4-5-13-12(8-11)18-14(19)6-7-21-13/h4-5,8H,6-7,9-10H2,1-3H3,(H,17,20)(H,18,19). The highest BCUT2D eigenvalue weighted by atomic mass is 16.5. The molecule has 114 valence electrons. The molecule has 0 radical (unpaired) electrons. The third-order valence-corrected chi connectivity index (χ3v) is 3.09. The highest BCUT2D eigenvalue weighted by Gasteiger charge is 2.16. The van der Waals surface area contributed by atoms with E-state index >= 15 is 0 Å². The van der Waals surface area contributed by atoms with E-state index in [0.717, 1.165) is 5.56 Å². The van der Waals surface area contributed by atoms with Gasteiger partial charge in [-0.05, 0) is 23.1 Å². The fraction of sp³-hybridized carbons (Fsp3) is 0.500. The van der Waals surface area contributed by atoms with Gasteiger partial charge in [0.05, 0.1) is 18.7 Å². The van der Waals surface area contributed by atoms with E-state index in [1.54, 1.807) is 0 Å². The van der Waals surface area contributed by atoms with Crippen molar-refractivity contribution in [3.05, 3.63) is 23.8 Å². The first-order valence-corrected chi connectivity index (χ1v) is 7.16. The lowest BCUT2D eigenvalue weighted by Crippen LogP contribution is -2.27. The first-order valence-electron chi connectivity index (χ1n) is 7.16. The molecule has 1 aromatic carbocycles. The summed E-state index contributed by atoms with van der Waals surface area (Å²) in [6.07, 6.45) is 0.837. The number of fused-ring (bicyclic) bond motifs is 1. The molecule has 2 rings (SSSR count). The van der Waals surface area contributed by atoms with Crippen molar-refractivity contribution in [2.24, 2.45) is 5.41 Å². The lowest BCUT2D eigenvalue weighted by atomic mass is 9.92. The molecule has 0 aliphatic carbocycles. The van der Waals surface area contributed by atoms with E-state index in [4.69, 9.17) is 4.74 Å². The molecule has 0 spiro atoms. The minimum atomic E-state index is -0.0531. The zero-order valence-corrected chi connectivity index (χ0v) is 12.8. The van der Waals surface area contributed by atoms with Crippen LogP contribution in [0.2, 0.25) is 0 Å². The Bertz CT molecular complexity index is 547. The van der Waals surface area contributed by atoms with E-state index in [1.807, 2.05) is 39.0 Å². The molecule has 0 unspecified atom stereocenters. The largest absolute Gasteiger partial charge is 0.491 e. The Kier molecular flexibility index (Phi) is 4.50. The fourth-order valence-corrected chi connectivity index (χ4v) is 2.12. The third kappa shape index (κ3) is 4.77. The van der Waals surface area contributed by atoms with E-state index < -0.39 is 0 Å². The van der Waals surface area contributed by atoms with E-state index in [2.05, 4.69) is 10.6 Å². The van der Waals surface area contributed by atoms with Crippen LogP contribution in [0.3, 0.4) is 0 Å². The van der Waals surface area contributed by atoms with Gasteiger partial charge >= 0.3 is 0 Å². The highest BCUT2D eigenvalue weighted by molar-refractivity contribution is 5.93. The molecule has 0 aromatic heterocycles. The zero-order chi connectivity index (χ0) is 15.5. The topological polar surface area (TPSA) is 67.4 Å². The van der Waals surface area contributed by atoms with E-state index in [9.17, 15) is 9.59 Å². The lowest BCUT2D eigenvalue weighted by Gasteiger charge is -2.17. The number of carbonyl (C=O) groups is 2. The smallest absolute Gasteiger partial charge is 0.227 e. The van der Waals surface area contributed by atoms with Gasteiger partial charge in [0.1, 0.15) is 5.75 Å². The minimum absolute atomic E-state index is 0.0257. The highest BCUT2D eigenvalue weighted by Crippen LogP contribution is 2.28. The Morgan fingerprint density at radius 2 is 2.14 bits per heavy atom. The van der Waals surface area contributed by atoms with Crippen molar-refractivity contribution in [2.45, 2.75) is 40.2 Å². The van der Waals surface area contributed by atoms with Gasteiger partial charge in [-0.1, -0.05) is 26.8 Å². The molecule has 1 aliphatic heterocycles. The van der Waals surface area contributed by atoms with Gasteiger partial charge in [-0.25, -0.2) is 0 Å². The van der Waals surface area contributed by atoms with Crippen molar-refractivity contribution in [1.29, 1.82) is 0 Å². The fourth-order valence-electron chi connectivity index (χ4n) is 2.12. The SMILES string of the molecule is CC(C)(C)CC(=O)NCc1ccc2c(c1)NC(=O)CCO2. The lowest BCUT2D eigenvalue weighted by molar-refractivity contribution is -0.123. The average molecular weight is 290 g/mol. The molecule has 5 nitrogen and oxygen atoms in total. The van der Waals surface area contributed by atoms with Crippen LogP contribution in [0.5, 0.6) is 5.75 Å². The van der Waals surface area contributed by atoms with Gasteiger partial charge in [-0.2, -0.15) is 0 Å². The van der Waals surface area contributed by atoms with Crippen molar-refractivity contribution in [3.8, 4) is 5.75 Å². The van der Waals surface area contributed by atoms with Gasteiger partial charge in [-0.3, -0.25) is 9.59 Å². The Labute approximate surface area is 125 Å². The number of carbonyl (C=O) groups excluding carboxylic acids is 2. The van der Waals surface area contributed by atoms with Gasteiger partial charge in [0.2, 0.25) is 11.8 Å². The molecule has 2 N–H and O–H groups in total. The van der Waals surface area contributed by atoms with Crippen molar-refractivity contribution in [1.82, 2.24) is 5.32 Å². The van der Waals surface area contributed by atoms with Crippen LogP contribution in [0.25, 0.3) is 0 Å². The van der Waals surface area contributed by atoms with E-state index in [-0.39, 0.29) is 17.2 Å². The first-order chi connectivity index (χ1) is 9.83. The monoisotopic (exact) mass is 290 g/mol. The number of benzene rings is 1. The number of hydrogen-bond donors (Lipinski definition) is 2. The predicted octanol–water partition coefficient (Wildman–Crippen LogP) is 2.46. The quantitative estimate of drug-likeness (QED) is 0.898. The molecule has 0 bridgehead atoms.